The molecule has 1 aromatic carbocycles. The predicted octanol–water partition coefficient (Wildman–Crippen LogP) is 2.60. The number of pyridine rings is 1. The van der Waals surface area contributed by atoms with E-state index in [1.807, 2.05) is 6.07 Å². The van der Waals surface area contributed by atoms with Gasteiger partial charge in [0.05, 0.1) is 10.8 Å². The molecule has 1 atom stereocenters. The summed E-state index contributed by atoms with van der Waals surface area (Å²) in [4.78, 5) is 15.5. The number of hydrogen-bond donors (Lipinski definition) is 2. The van der Waals surface area contributed by atoms with Crippen LogP contribution >= 0.6 is 11.8 Å². The summed E-state index contributed by atoms with van der Waals surface area (Å²) in [7, 11) is 0. The number of nitrogens with zero attached hydrogens (tertiary/aromatic N) is 3. The monoisotopic (exact) mass is 379 g/mol. The molecule has 2 rings (SSSR count). The molecule has 7 nitrogen and oxygen atoms in total. The highest BCUT2D eigenvalue weighted by molar-refractivity contribution is 8.00. The first-order valence-electron chi connectivity index (χ1n) is 7.86. The van der Waals surface area contributed by atoms with Crippen LogP contribution < -0.4 is 16.2 Å². The quantitative estimate of drug-likeness (QED) is 0.557. The number of primary amides is 1. The fourth-order valence-electron chi connectivity index (χ4n) is 2.27. The van der Waals surface area contributed by atoms with Gasteiger partial charge in [0.1, 0.15) is 40.9 Å². The molecule has 1 heterocycles. The van der Waals surface area contributed by atoms with E-state index >= 15 is 0 Å². The van der Waals surface area contributed by atoms with E-state index in [1.54, 1.807) is 37.3 Å². The van der Waals surface area contributed by atoms with Crippen molar-refractivity contribution in [3.05, 3.63) is 48.0 Å². The maximum absolute atomic E-state index is 11.4. The van der Waals surface area contributed by atoms with Crippen LogP contribution in [0, 0.1) is 22.7 Å². The molecule has 2 aromatic rings. The minimum atomic E-state index is -0.612. The summed E-state index contributed by atoms with van der Waals surface area (Å²) < 4.78 is 5.44. The van der Waals surface area contributed by atoms with Crippen LogP contribution in [0.3, 0.4) is 0 Å². The second kappa shape index (κ2) is 8.75. The molecule has 1 unspecified atom stereocenters. The largest absolute Gasteiger partial charge is 0.490 e. The third-order valence-electron chi connectivity index (χ3n) is 3.62. The van der Waals surface area contributed by atoms with Crippen LogP contribution in [0.15, 0.2) is 41.9 Å². The maximum Gasteiger partial charge on any atom is 0.230 e. The Labute approximate surface area is 161 Å². The number of nitriles is 2. The summed E-state index contributed by atoms with van der Waals surface area (Å²) in [6.45, 7) is 5.56. The van der Waals surface area contributed by atoms with Crippen molar-refractivity contribution in [2.75, 3.05) is 12.3 Å². The fourth-order valence-corrected chi connectivity index (χ4v) is 3.14. The third-order valence-corrected chi connectivity index (χ3v) is 4.72. The highest BCUT2D eigenvalue weighted by Crippen LogP contribution is 2.37. The number of carbonyl (C=O) groups excluding carboxylic acids is 1. The van der Waals surface area contributed by atoms with E-state index in [0.717, 1.165) is 11.8 Å². The molecule has 0 fully saturated rings. The van der Waals surface area contributed by atoms with Gasteiger partial charge in [-0.2, -0.15) is 10.5 Å². The number of amides is 1. The smallest absolute Gasteiger partial charge is 0.230 e. The van der Waals surface area contributed by atoms with E-state index in [2.05, 4.69) is 17.6 Å². The lowest BCUT2D eigenvalue weighted by Gasteiger charge is -2.15. The number of anilines is 1. The van der Waals surface area contributed by atoms with Gasteiger partial charge in [-0.05, 0) is 24.6 Å². The number of rotatable bonds is 7. The summed E-state index contributed by atoms with van der Waals surface area (Å²) in [5.74, 6) is 0.0613. The summed E-state index contributed by atoms with van der Waals surface area (Å²) in [5, 5.41) is 18.8. The van der Waals surface area contributed by atoms with Crippen molar-refractivity contribution in [3.8, 4) is 29.0 Å². The first-order valence-corrected chi connectivity index (χ1v) is 8.74. The highest BCUT2D eigenvalue weighted by Gasteiger charge is 2.23. The molecule has 1 amide bonds. The number of nitrogens with two attached hydrogens (primary N) is 2. The number of nitrogen functional groups attached to an aromatic ring is 1. The predicted molar refractivity (Wildman–Crippen MR) is 104 cm³/mol. The van der Waals surface area contributed by atoms with E-state index in [1.165, 1.54) is 0 Å². The Morgan fingerprint density at radius 1 is 1.33 bits per heavy atom. The third kappa shape index (κ3) is 4.38. The van der Waals surface area contributed by atoms with E-state index in [0.29, 0.717) is 23.5 Å². The zero-order chi connectivity index (χ0) is 20.0. The van der Waals surface area contributed by atoms with Gasteiger partial charge >= 0.3 is 0 Å². The average molecular weight is 379 g/mol. The minimum absolute atomic E-state index is 0.0161. The van der Waals surface area contributed by atoms with Gasteiger partial charge in [0.2, 0.25) is 5.91 Å². The normalized spacial score (nSPS) is 11.1. The van der Waals surface area contributed by atoms with E-state index in [9.17, 15) is 15.3 Å². The van der Waals surface area contributed by atoms with Crippen LogP contribution in [0.5, 0.6) is 5.75 Å². The Morgan fingerprint density at radius 3 is 2.48 bits per heavy atom. The van der Waals surface area contributed by atoms with Crippen LogP contribution in [0.25, 0.3) is 11.1 Å². The standard InChI is InChI=1S/C19H17N5O2S/c1-3-8-26-13-6-4-12(5-7-13)16-14(9-20)17(22)24-19(15(16)10-21)27-11(2)18(23)25/h3-7,11H,1,8H2,2H3,(H2,22,24)(H2,23,25). The van der Waals surface area contributed by atoms with Gasteiger partial charge in [-0.25, -0.2) is 4.98 Å². The van der Waals surface area contributed by atoms with Crippen LogP contribution in [-0.4, -0.2) is 22.7 Å². The second-order valence-electron chi connectivity index (χ2n) is 5.44. The van der Waals surface area contributed by atoms with Crippen molar-refractivity contribution in [1.29, 1.82) is 10.5 Å². The zero-order valence-electron chi connectivity index (χ0n) is 14.6. The SMILES string of the molecule is C=CCOc1ccc(-c2c(C#N)c(N)nc(SC(C)C(N)=O)c2C#N)cc1. The van der Waals surface area contributed by atoms with E-state index < -0.39 is 11.2 Å². The maximum atomic E-state index is 11.4. The van der Waals surface area contributed by atoms with Crippen LogP contribution in [0.2, 0.25) is 0 Å². The Kier molecular flexibility index (Phi) is 6.42. The first kappa shape index (κ1) is 19.8. The Balaban J connectivity index is 2.61. The van der Waals surface area contributed by atoms with Crippen molar-refractivity contribution in [2.45, 2.75) is 17.2 Å². The zero-order valence-corrected chi connectivity index (χ0v) is 15.4. The summed E-state index contributed by atoms with van der Waals surface area (Å²) >= 11 is 1.03. The van der Waals surface area contributed by atoms with Crippen molar-refractivity contribution in [2.24, 2.45) is 5.73 Å². The summed E-state index contributed by atoms with van der Waals surface area (Å²) in [6, 6.07) is 11.0. The molecule has 0 aliphatic heterocycles. The highest BCUT2D eigenvalue weighted by atomic mass is 32.2. The summed E-state index contributed by atoms with van der Waals surface area (Å²) in [5.41, 5.74) is 12.5. The molecular formula is C19H17N5O2S. The molecule has 8 heteroatoms. The first-order chi connectivity index (χ1) is 12.9. The molecule has 27 heavy (non-hydrogen) atoms. The lowest BCUT2D eigenvalue weighted by atomic mass is 9.97. The average Bonchev–Trinajstić information content (AvgIpc) is 2.66. The number of carbonyl (C=O) groups is 1. The second-order valence-corrected chi connectivity index (χ2v) is 6.77. The van der Waals surface area contributed by atoms with Crippen molar-refractivity contribution in [3.63, 3.8) is 0 Å². The lowest BCUT2D eigenvalue weighted by molar-refractivity contribution is -0.117. The van der Waals surface area contributed by atoms with E-state index in [4.69, 9.17) is 16.2 Å². The van der Waals surface area contributed by atoms with Crippen LogP contribution in [-0.2, 0) is 4.79 Å². The number of benzene rings is 1. The van der Waals surface area contributed by atoms with Crippen LogP contribution in [0.1, 0.15) is 18.1 Å². The Morgan fingerprint density at radius 2 is 1.96 bits per heavy atom. The molecule has 4 N–H and O–H groups in total. The molecule has 0 bridgehead atoms. The van der Waals surface area contributed by atoms with Gasteiger partial charge < -0.3 is 16.2 Å². The van der Waals surface area contributed by atoms with Gasteiger partial charge in [-0.15, -0.1) is 0 Å². The Hall–Kier alpha value is -3.49. The molecule has 0 saturated carbocycles. The summed E-state index contributed by atoms with van der Waals surface area (Å²) in [6.07, 6.45) is 1.63. The fraction of sp³-hybridized carbons (Fsp3) is 0.158. The Bertz CT molecular complexity index is 958. The molecule has 0 aliphatic carbocycles. The van der Waals surface area contributed by atoms with Crippen molar-refractivity contribution >= 4 is 23.5 Å². The topological polar surface area (TPSA) is 139 Å². The van der Waals surface area contributed by atoms with Crippen molar-refractivity contribution < 1.29 is 9.53 Å². The molecule has 0 radical (unpaired) electrons. The van der Waals surface area contributed by atoms with Crippen molar-refractivity contribution in [1.82, 2.24) is 4.98 Å². The van der Waals surface area contributed by atoms with Gasteiger partial charge in [0, 0.05) is 5.56 Å². The number of thioether (sulfide) groups is 1. The van der Waals surface area contributed by atoms with Gasteiger partial charge in [0.25, 0.3) is 0 Å². The van der Waals surface area contributed by atoms with Gasteiger partial charge in [0.15, 0.2) is 0 Å². The van der Waals surface area contributed by atoms with Gasteiger partial charge in [-0.1, -0.05) is 36.5 Å². The van der Waals surface area contributed by atoms with Gasteiger partial charge in [-0.3, -0.25) is 4.79 Å². The number of aromatic nitrogens is 1. The molecular weight excluding hydrogens is 362 g/mol. The number of ether oxygens (including phenoxy) is 1. The van der Waals surface area contributed by atoms with Crippen LogP contribution in [0.4, 0.5) is 5.82 Å². The molecule has 0 spiro atoms. The molecule has 0 saturated heterocycles. The number of hydrogen-bond acceptors (Lipinski definition) is 7. The minimum Gasteiger partial charge on any atom is -0.490 e. The molecule has 1 aromatic heterocycles. The lowest BCUT2D eigenvalue weighted by Crippen LogP contribution is -2.23. The molecule has 136 valence electrons. The van der Waals surface area contributed by atoms with E-state index in [-0.39, 0.29) is 22.0 Å². The molecule has 0 aliphatic rings.